The fraction of sp³-hybridized carbons (Fsp3) is 0.174. The molecule has 2 aromatic carbocycles. The molecule has 7 heteroatoms. The van der Waals surface area contributed by atoms with Crippen LogP contribution in [0.5, 0.6) is 17.2 Å². The van der Waals surface area contributed by atoms with Crippen LogP contribution >= 0.6 is 0 Å². The van der Waals surface area contributed by atoms with E-state index in [1.54, 1.807) is 18.2 Å². The summed E-state index contributed by atoms with van der Waals surface area (Å²) in [6.45, 7) is 5.37. The number of para-hydroxylation sites is 1. The van der Waals surface area contributed by atoms with Crippen molar-refractivity contribution in [1.82, 2.24) is 5.32 Å². The molecule has 30 heavy (non-hydrogen) atoms. The topological polar surface area (TPSA) is 97.7 Å². The molecule has 0 saturated carbocycles. The molecule has 0 atom stereocenters. The Kier molecular flexibility index (Phi) is 8.21. The van der Waals surface area contributed by atoms with Crippen molar-refractivity contribution in [1.29, 1.82) is 5.26 Å². The summed E-state index contributed by atoms with van der Waals surface area (Å²) in [5, 5.41) is 11.7. The number of nitrogens with one attached hydrogen (secondary N) is 1. The Morgan fingerprint density at radius 3 is 2.60 bits per heavy atom. The molecular weight excluding hydrogens is 384 g/mol. The lowest BCUT2D eigenvalue weighted by molar-refractivity contribution is -0.136. The van der Waals surface area contributed by atoms with Crippen molar-refractivity contribution in [2.45, 2.75) is 6.92 Å². The van der Waals surface area contributed by atoms with Gasteiger partial charge >= 0.3 is 5.97 Å². The van der Waals surface area contributed by atoms with Crippen LogP contribution in [0.2, 0.25) is 0 Å². The van der Waals surface area contributed by atoms with Crippen LogP contribution in [0.3, 0.4) is 0 Å². The van der Waals surface area contributed by atoms with Gasteiger partial charge in [-0.05, 0) is 42.3 Å². The molecule has 0 aliphatic rings. The molecule has 0 spiro atoms. The van der Waals surface area contributed by atoms with Crippen LogP contribution in [0.15, 0.2) is 60.7 Å². The largest absolute Gasteiger partial charge is 0.493 e. The summed E-state index contributed by atoms with van der Waals surface area (Å²) in [6.07, 6.45) is 2.93. The molecule has 0 aromatic heterocycles. The van der Waals surface area contributed by atoms with E-state index in [2.05, 4.69) is 11.9 Å². The Morgan fingerprint density at radius 2 is 1.93 bits per heavy atom. The fourth-order valence-corrected chi connectivity index (χ4v) is 2.44. The zero-order valence-electron chi connectivity index (χ0n) is 16.8. The van der Waals surface area contributed by atoms with Gasteiger partial charge < -0.3 is 19.5 Å². The maximum absolute atomic E-state index is 12.1. The Hall–Kier alpha value is -4.05. The first kappa shape index (κ1) is 22.2. The van der Waals surface area contributed by atoms with Gasteiger partial charge in [-0.2, -0.15) is 5.26 Å². The first-order valence-corrected chi connectivity index (χ1v) is 9.06. The average Bonchev–Trinajstić information content (AvgIpc) is 2.76. The number of hydrogen-bond donors (Lipinski definition) is 1. The van der Waals surface area contributed by atoms with Crippen LogP contribution < -0.4 is 19.5 Å². The van der Waals surface area contributed by atoms with Gasteiger partial charge in [0, 0.05) is 6.54 Å². The van der Waals surface area contributed by atoms with Crippen molar-refractivity contribution in [2.24, 2.45) is 0 Å². The summed E-state index contributed by atoms with van der Waals surface area (Å²) in [5.41, 5.74) is 1.37. The molecule has 154 valence electrons. The molecule has 2 aromatic rings. The summed E-state index contributed by atoms with van der Waals surface area (Å²) in [5.74, 6) is -0.0401. The number of ether oxygens (including phenoxy) is 3. The van der Waals surface area contributed by atoms with Crippen molar-refractivity contribution in [3.63, 3.8) is 0 Å². The maximum Gasteiger partial charge on any atom is 0.349 e. The molecule has 0 fully saturated rings. The molecule has 0 bridgehead atoms. The van der Waals surface area contributed by atoms with E-state index in [1.807, 2.05) is 31.2 Å². The third-order valence-corrected chi connectivity index (χ3v) is 3.93. The lowest BCUT2D eigenvalue weighted by atomic mass is 10.1. The number of rotatable bonds is 9. The number of methoxy groups -OCH3 is 1. The smallest absolute Gasteiger partial charge is 0.349 e. The van der Waals surface area contributed by atoms with E-state index in [0.717, 1.165) is 5.56 Å². The minimum absolute atomic E-state index is 0.0738. The molecule has 0 aliphatic heterocycles. The summed E-state index contributed by atoms with van der Waals surface area (Å²) >= 11 is 0. The first-order chi connectivity index (χ1) is 14.5. The highest BCUT2D eigenvalue weighted by atomic mass is 16.6. The van der Waals surface area contributed by atoms with Gasteiger partial charge in [0.25, 0.3) is 5.91 Å². The Bertz CT molecular complexity index is 1000. The zero-order chi connectivity index (χ0) is 21.9. The van der Waals surface area contributed by atoms with Gasteiger partial charge in [0.1, 0.15) is 17.4 Å². The van der Waals surface area contributed by atoms with Crippen molar-refractivity contribution in [2.75, 3.05) is 20.3 Å². The second kappa shape index (κ2) is 11.1. The number of nitriles is 1. The molecule has 0 aliphatic carbocycles. The Morgan fingerprint density at radius 1 is 1.17 bits per heavy atom. The SMILES string of the molecule is C=CCNC(=O)C(C#N)=Cc1ccc(OC(=O)COc2ccccc2C)c(OC)c1. The van der Waals surface area contributed by atoms with E-state index in [-0.39, 0.29) is 30.2 Å². The monoisotopic (exact) mass is 406 g/mol. The van der Waals surface area contributed by atoms with E-state index < -0.39 is 11.9 Å². The number of esters is 1. The van der Waals surface area contributed by atoms with E-state index >= 15 is 0 Å². The summed E-state index contributed by atoms with van der Waals surface area (Å²) in [4.78, 5) is 24.1. The van der Waals surface area contributed by atoms with Crippen molar-refractivity contribution >= 4 is 18.0 Å². The van der Waals surface area contributed by atoms with Crippen LogP contribution in [0.4, 0.5) is 0 Å². The van der Waals surface area contributed by atoms with Crippen LogP contribution in [0.1, 0.15) is 11.1 Å². The van der Waals surface area contributed by atoms with Crippen molar-refractivity contribution < 1.29 is 23.8 Å². The Balaban J connectivity index is 2.09. The summed E-state index contributed by atoms with van der Waals surface area (Å²) in [6, 6.07) is 13.9. The number of carbonyl (C=O) groups is 2. The van der Waals surface area contributed by atoms with Crippen molar-refractivity contribution in [3.05, 3.63) is 71.8 Å². The van der Waals surface area contributed by atoms with Gasteiger partial charge in [-0.1, -0.05) is 30.3 Å². The number of nitrogens with zero attached hydrogens (tertiary/aromatic N) is 1. The second-order valence-corrected chi connectivity index (χ2v) is 6.11. The van der Waals surface area contributed by atoms with E-state index in [0.29, 0.717) is 11.3 Å². The van der Waals surface area contributed by atoms with Crippen molar-refractivity contribution in [3.8, 4) is 23.3 Å². The number of amides is 1. The van der Waals surface area contributed by atoms with Crippen LogP contribution in [0, 0.1) is 18.3 Å². The van der Waals surface area contributed by atoms with Crippen LogP contribution in [-0.2, 0) is 9.59 Å². The molecule has 0 saturated heterocycles. The van der Waals surface area contributed by atoms with Crippen LogP contribution in [-0.4, -0.2) is 32.1 Å². The lowest BCUT2D eigenvalue weighted by Gasteiger charge is -2.11. The lowest BCUT2D eigenvalue weighted by Crippen LogP contribution is -2.24. The van der Waals surface area contributed by atoms with E-state index in [1.165, 1.54) is 25.3 Å². The molecular formula is C23H22N2O5. The molecule has 0 heterocycles. The molecule has 7 nitrogen and oxygen atoms in total. The molecule has 0 radical (unpaired) electrons. The maximum atomic E-state index is 12.1. The minimum atomic E-state index is -0.596. The predicted molar refractivity (Wildman–Crippen MR) is 112 cm³/mol. The van der Waals surface area contributed by atoms with Gasteiger partial charge in [0.15, 0.2) is 18.1 Å². The highest BCUT2D eigenvalue weighted by Crippen LogP contribution is 2.29. The van der Waals surface area contributed by atoms with Crippen LogP contribution in [0.25, 0.3) is 6.08 Å². The standard InChI is InChI=1S/C23H22N2O5/c1-4-11-25-23(27)18(14-24)12-17-9-10-20(21(13-17)28-3)30-22(26)15-29-19-8-6-5-7-16(19)2/h4-10,12-13H,1,11,15H2,2-3H3,(H,25,27). The molecule has 1 amide bonds. The first-order valence-electron chi connectivity index (χ1n) is 9.06. The molecule has 0 unspecified atom stereocenters. The van der Waals surface area contributed by atoms with Gasteiger partial charge in [-0.3, -0.25) is 4.79 Å². The zero-order valence-corrected chi connectivity index (χ0v) is 16.8. The predicted octanol–water partition coefficient (Wildman–Crippen LogP) is 3.20. The summed E-state index contributed by atoms with van der Waals surface area (Å²) < 4.78 is 16.1. The highest BCUT2D eigenvalue weighted by molar-refractivity contribution is 6.01. The second-order valence-electron chi connectivity index (χ2n) is 6.11. The highest BCUT2D eigenvalue weighted by Gasteiger charge is 2.13. The Labute approximate surface area is 175 Å². The van der Waals surface area contributed by atoms with Gasteiger partial charge in [0.05, 0.1) is 7.11 Å². The fourth-order valence-electron chi connectivity index (χ4n) is 2.44. The normalized spacial score (nSPS) is 10.5. The number of aryl methyl sites for hydroxylation is 1. The summed E-state index contributed by atoms with van der Waals surface area (Å²) in [7, 11) is 1.42. The van der Waals surface area contributed by atoms with E-state index in [9.17, 15) is 14.9 Å². The third-order valence-electron chi connectivity index (χ3n) is 3.93. The van der Waals surface area contributed by atoms with E-state index in [4.69, 9.17) is 14.2 Å². The van der Waals surface area contributed by atoms with Gasteiger partial charge in [-0.15, -0.1) is 6.58 Å². The minimum Gasteiger partial charge on any atom is -0.493 e. The molecule has 1 N–H and O–H groups in total. The number of benzene rings is 2. The third kappa shape index (κ3) is 6.24. The average molecular weight is 406 g/mol. The number of carbonyl (C=O) groups excluding carboxylic acids is 2. The number of hydrogen-bond acceptors (Lipinski definition) is 6. The van der Waals surface area contributed by atoms with Gasteiger partial charge in [-0.25, -0.2) is 4.79 Å². The molecule has 2 rings (SSSR count). The quantitative estimate of drug-likeness (QED) is 0.226. The van der Waals surface area contributed by atoms with Gasteiger partial charge in [0.2, 0.25) is 0 Å².